The van der Waals surface area contributed by atoms with Crippen LogP contribution in [0, 0.1) is 0 Å². The second kappa shape index (κ2) is 23.3. The van der Waals surface area contributed by atoms with Gasteiger partial charge in [-0.25, -0.2) is 0 Å². The molecule has 1 saturated carbocycles. The molecule has 20 heteroatoms. The molecule has 0 aromatic rings. The van der Waals surface area contributed by atoms with E-state index >= 15 is 0 Å². The summed E-state index contributed by atoms with van der Waals surface area (Å²) in [5, 5.41) is 40.6. The fourth-order valence-corrected chi connectivity index (χ4v) is 5.82. The molecule has 0 aromatic carbocycles. The van der Waals surface area contributed by atoms with Crippen molar-refractivity contribution < 1.29 is 76.9 Å². The smallest absolute Gasteiger partial charge is 0.306 e. The van der Waals surface area contributed by atoms with Crippen LogP contribution in [0.15, 0.2) is 0 Å². The Bertz CT molecular complexity index is 910. The number of ether oxygens (including phenoxy) is 2. The predicted molar refractivity (Wildman–Crippen MR) is 157 cm³/mol. The van der Waals surface area contributed by atoms with Crippen LogP contribution in [0.4, 0.5) is 0 Å². The Morgan fingerprint density at radius 3 is 1.56 bits per heavy atom. The predicted octanol–water partition coefficient (Wildman–Crippen LogP) is 1.09. The average Bonchev–Trinajstić information content (AvgIpc) is 2.93. The highest BCUT2D eigenvalue weighted by Gasteiger charge is 2.52. The van der Waals surface area contributed by atoms with Gasteiger partial charge in [-0.1, -0.05) is 65.2 Å². The number of carbonyl (C=O) groups excluding carboxylic acids is 2. The maximum absolute atomic E-state index is 12.5. The van der Waals surface area contributed by atoms with Crippen molar-refractivity contribution in [3.63, 3.8) is 0 Å². The van der Waals surface area contributed by atoms with Gasteiger partial charge in [0.25, 0.3) is 15.6 Å². The number of rotatable bonds is 22. The second-order valence-corrected chi connectivity index (χ2v) is 12.9. The van der Waals surface area contributed by atoms with E-state index in [0.717, 1.165) is 51.4 Å². The van der Waals surface area contributed by atoms with Crippen LogP contribution in [0.1, 0.15) is 90.9 Å². The molecule has 0 spiro atoms. The monoisotopic (exact) mass is 700 g/mol. The number of carbonyl (C=O) groups is 2. The molecule has 0 saturated heterocycles. The summed E-state index contributed by atoms with van der Waals surface area (Å²) in [7, 11) is -11.0. The van der Waals surface area contributed by atoms with Crippen molar-refractivity contribution in [3.8, 4) is 0 Å². The van der Waals surface area contributed by atoms with Crippen molar-refractivity contribution in [3.05, 3.63) is 0 Å². The van der Waals surface area contributed by atoms with E-state index in [2.05, 4.69) is 16.0 Å². The van der Waals surface area contributed by atoms with E-state index < -0.39 is 83.5 Å². The van der Waals surface area contributed by atoms with E-state index in [1.165, 1.54) is 0 Å². The minimum absolute atomic E-state index is 0. The number of hydrogen-bond donors (Lipinski definition) is 7. The van der Waals surface area contributed by atoms with E-state index in [9.17, 15) is 48.9 Å². The van der Waals surface area contributed by atoms with Gasteiger partial charge in [0.1, 0.15) is 43.2 Å². The summed E-state index contributed by atoms with van der Waals surface area (Å²) < 4.78 is 47.4. The number of aliphatic hydroxyl groups excluding tert-OH is 4. The summed E-state index contributed by atoms with van der Waals surface area (Å²) in [6.45, 7) is 2.68. The summed E-state index contributed by atoms with van der Waals surface area (Å²) in [6, 6.07) is 0. The lowest BCUT2D eigenvalue weighted by Crippen LogP contribution is -2.64. The van der Waals surface area contributed by atoms with Gasteiger partial charge in [-0.2, -0.15) is 0 Å². The van der Waals surface area contributed by atoms with Crippen molar-refractivity contribution in [1.82, 2.24) is 12.3 Å². The molecule has 1 fully saturated rings. The molecule has 18 nitrogen and oxygen atoms in total. The first kappa shape index (κ1) is 46.0. The molecule has 7 unspecified atom stereocenters. The van der Waals surface area contributed by atoms with Crippen LogP contribution >= 0.6 is 15.6 Å². The van der Waals surface area contributed by atoms with Crippen LogP contribution in [0.3, 0.4) is 0 Å². The van der Waals surface area contributed by atoms with Gasteiger partial charge in [-0.05, 0) is 12.8 Å². The van der Waals surface area contributed by atoms with Gasteiger partial charge in [0.2, 0.25) is 0 Å². The lowest BCUT2D eigenvalue weighted by atomic mass is 9.85. The Balaban J connectivity index is 0. The molecule has 13 N–H and O–H groups in total. The van der Waals surface area contributed by atoms with Crippen molar-refractivity contribution in [2.24, 2.45) is 0 Å². The van der Waals surface area contributed by atoms with E-state index in [1.54, 1.807) is 0 Å². The molecule has 9 atom stereocenters. The SMILES string of the molecule is CCCCCCCC(=O)OC[C@H](COP(=O)([O-])OC1C(O)C(O)C(OP(=O)([O-])O)[C@@H](O)C1O)OC(=O)CCCCCCC.[NH4+].[NH4+]. The molecule has 1 aliphatic carbocycles. The molecule has 0 radical (unpaired) electrons. The molecular weight excluding hydrogens is 646 g/mol. The van der Waals surface area contributed by atoms with Crippen LogP contribution in [-0.4, -0.2) is 93.2 Å². The Kier molecular flexibility index (Phi) is 23.8. The number of unbranched alkanes of at least 4 members (excludes halogenated alkanes) is 8. The maximum Gasteiger partial charge on any atom is 0.306 e. The number of hydrogen-bond acceptors (Lipinski definition) is 15. The zero-order valence-corrected chi connectivity index (χ0v) is 28.4. The van der Waals surface area contributed by atoms with Gasteiger partial charge in [0, 0.05) is 12.8 Å². The lowest BCUT2D eigenvalue weighted by molar-refractivity contribution is -0.271. The minimum atomic E-state index is -5.55. The Morgan fingerprint density at radius 1 is 0.689 bits per heavy atom. The van der Waals surface area contributed by atoms with Gasteiger partial charge < -0.3 is 70.5 Å². The highest BCUT2D eigenvalue weighted by atomic mass is 31.2. The van der Waals surface area contributed by atoms with Gasteiger partial charge in [-0.3, -0.25) is 18.7 Å². The topological polar surface area (TPSA) is 335 Å². The number of phosphoric ester groups is 2. The van der Waals surface area contributed by atoms with E-state index in [0.29, 0.717) is 12.8 Å². The highest BCUT2D eigenvalue weighted by molar-refractivity contribution is 7.45. The second-order valence-electron chi connectivity index (χ2n) is 10.4. The zero-order chi connectivity index (χ0) is 32.6. The molecule has 1 aliphatic rings. The molecule has 270 valence electrons. The van der Waals surface area contributed by atoms with Gasteiger partial charge >= 0.3 is 11.9 Å². The standard InChI is InChI=1S/C25H48O16P2.2H3N/c1-3-5-7-9-11-13-18(26)37-15-17(39-19(27)14-12-10-8-6-4-2)16-38-43(35,36)41-25-22(30)20(28)24(21(29)23(25)31)40-42(32,33)34;;/h17,20-25,28-31H,3-16H2,1-2H3,(H,35,36)(H2,32,33,34);2*1H3/t17-,20+,21?,22?,23?,24?,25?;;/m1../s1. The number of quaternary nitrogens is 2. The van der Waals surface area contributed by atoms with Crippen molar-refractivity contribution in [2.75, 3.05) is 13.2 Å². The minimum Gasteiger partial charge on any atom is -0.756 e. The third-order valence-corrected chi connectivity index (χ3v) is 8.14. The molecule has 45 heavy (non-hydrogen) atoms. The molecular formula is C25H54N2O16P2. The van der Waals surface area contributed by atoms with Crippen LogP contribution < -0.4 is 22.1 Å². The third-order valence-electron chi connectivity index (χ3n) is 6.67. The highest BCUT2D eigenvalue weighted by Crippen LogP contribution is 2.45. The zero-order valence-electron chi connectivity index (χ0n) is 26.6. The first-order valence-corrected chi connectivity index (χ1v) is 17.5. The van der Waals surface area contributed by atoms with E-state index in [-0.39, 0.29) is 25.1 Å². The van der Waals surface area contributed by atoms with Gasteiger partial charge in [0.15, 0.2) is 6.10 Å². The lowest BCUT2D eigenvalue weighted by Gasteiger charge is -2.45. The normalized spacial score (nSPS) is 26.3. The summed E-state index contributed by atoms with van der Waals surface area (Å²) in [5.74, 6) is -1.27. The first-order valence-electron chi connectivity index (χ1n) is 14.5. The Morgan fingerprint density at radius 2 is 1.11 bits per heavy atom. The first-order chi connectivity index (χ1) is 20.1. The van der Waals surface area contributed by atoms with Crippen molar-refractivity contribution in [2.45, 2.75) is 134 Å². The fourth-order valence-electron chi connectivity index (χ4n) is 4.30. The maximum atomic E-state index is 12.5. The molecule has 0 heterocycles. The number of phosphoric acid groups is 2. The van der Waals surface area contributed by atoms with Gasteiger partial charge in [0.05, 0.1) is 6.61 Å². The van der Waals surface area contributed by atoms with Crippen LogP contribution in [0.5, 0.6) is 0 Å². The summed E-state index contributed by atoms with van der Waals surface area (Å²) in [6.07, 6.45) is -6.38. The average molecular weight is 701 g/mol. The molecule has 0 amide bonds. The molecule has 0 aliphatic heterocycles. The van der Waals surface area contributed by atoms with E-state index in [1.807, 2.05) is 6.92 Å². The largest absolute Gasteiger partial charge is 0.756 e. The summed E-state index contributed by atoms with van der Waals surface area (Å²) >= 11 is 0. The molecule has 1 rings (SSSR count). The summed E-state index contributed by atoms with van der Waals surface area (Å²) in [5.41, 5.74) is 0. The third kappa shape index (κ3) is 18.7. The molecule has 0 bridgehead atoms. The van der Waals surface area contributed by atoms with Crippen LogP contribution in [-0.2, 0) is 41.8 Å². The van der Waals surface area contributed by atoms with E-state index in [4.69, 9.17) is 18.9 Å². The quantitative estimate of drug-likeness (QED) is 0.0472. The van der Waals surface area contributed by atoms with Crippen molar-refractivity contribution >= 4 is 27.6 Å². The van der Waals surface area contributed by atoms with Gasteiger partial charge in [-0.15, -0.1) is 0 Å². The van der Waals surface area contributed by atoms with Crippen molar-refractivity contribution in [1.29, 1.82) is 0 Å². The number of esters is 2. The van der Waals surface area contributed by atoms with Crippen LogP contribution in [0.2, 0.25) is 0 Å². The number of aliphatic hydroxyl groups is 4. The summed E-state index contributed by atoms with van der Waals surface area (Å²) in [4.78, 5) is 56.8. The Hall–Kier alpha value is -1.08. The Labute approximate surface area is 263 Å². The molecule has 0 aromatic heterocycles. The fraction of sp³-hybridized carbons (Fsp3) is 0.920. The van der Waals surface area contributed by atoms with Crippen LogP contribution in [0.25, 0.3) is 0 Å².